The van der Waals surface area contributed by atoms with Crippen LogP contribution in [0.2, 0.25) is 0 Å². The van der Waals surface area contributed by atoms with E-state index < -0.39 is 10.0 Å². The van der Waals surface area contributed by atoms with Crippen molar-refractivity contribution in [3.63, 3.8) is 0 Å². The molecule has 1 fully saturated rings. The van der Waals surface area contributed by atoms with E-state index in [2.05, 4.69) is 13.8 Å². The summed E-state index contributed by atoms with van der Waals surface area (Å²) >= 11 is 0. The summed E-state index contributed by atoms with van der Waals surface area (Å²) < 4.78 is 24.2. The van der Waals surface area contributed by atoms with Gasteiger partial charge in [0.2, 0.25) is 10.0 Å². The molecule has 0 saturated heterocycles. The van der Waals surface area contributed by atoms with Gasteiger partial charge in [0.25, 0.3) is 0 Å². The Bertz CT molecular complexity index is 285. The van der Waals surface area contributed by atoms with E-state index in [-0.39, 0.29) is 6.04 Å². The van der Waals surface area contributed by atoms with Crippen molar-refractivity contribution >= 4 is 10.0 Å². The molecule has 0 aliphatic heterocycles. The van der Waals surface area contributed by atoms with Crippen LogP contribution in [0, 0.1) is 5.41 Å². The maximum atomic E-state index is 11.3. The number of hydrogen-bond acceptors (Lipinski definition) is 2. The van der Waals surface area contributed by atoms with E-state index in [4.69, 9.17) is 0 Å². The highest BCUT2D eigenvalue weighted by Crippen LogP contribution is 2.36. The second-order valence-corrected chi connectivity index (χ2v) is 7.22. The molecular weight excluding hydrogens is 198 g/mol. The largest absolute Gasteiger partial charge is 0.213 e. The summed E-state index contributed by atoms with van der Waals surface area (Å²) in [6.07, 6.45) is 5.52. The van der Waals surface area contributed by atoms with Crippen molar-refractivity contribution in [2.24, 2.45) is 5.41 Å². The molecule has 0 atom stereocenters. The Morgan fingerprint density at radius 3 is 2.00 bits per heavy atom. The predicted molar refractivity (Wildman–Crippen MR) is 58.6 cm³/mol. The third-order valence-corrected chi connectivity index (χ3v) is 4.69. The van der Waals surface area contributed by atoms with Crippen LogP contribution in [0.5, 0.6) is 0 Å². The molecule has 0 aromatic carbocycles. The number of hydrogen-bond donors (Lipinski definition) is 0. The minimum absolute atomic E-state index is 0.220. The van der Waals surface area contributed by atoms with E-state index in [1.165, 1.54) is 10.6 Å². The van der Waals surface area contributed by atoms with Crippen LogP contribution in [0.25, 0.3) is 0 Å². The van der Waals surface area contributed by atoms with Crippen LogP contribution in [0.1, 0.15) is 39.5 Å². The van der Waals surface area contributed by atoms with Crippen molar-refractivity contribution in [3.8, 4) is 0 Å². The maximum Gasteiger partial charge on any atom is 0.211 e. The number of nitrogens with zero attached hydrogens (tertiary/aromatic N) is 1. The fourth-order valence-corrected chi connectivity index (χ4v) is 2.77. The van der Waals surface area contributed by atoms with E-state index in [1.54, 1.807) is 7.05 Å². The highest BCUT2D eigenvalue weighted by atomic mass is 32.2. The molecule has 0 N–H and O–H groups in total. The van der Waals surface area contributed by atoms with Crippen LogP contribution in [-0.4, -0.2) is 32.1 Å². The number of sulfonamides is 1. The molecule has 0 radical (unpaired) electrons. The molecule has 1 rings (SSSR count). The second-order valence-electron chi connectivity index (χ2n) is 5.17. The minimum Gasteiger partial charge on any atom is -0.213 e. The summed E-state index contributed by atoms with van der Waals surface area (Å²) in [6.45, 7) is 4.51. The Morgan fingerprint density at radius 1 is 1.21 bits per heavy atom. The fourth-order valence-electron chi connectivity index (χ4n) is 2.02. The van der Waals surface area contributed by atoms with Gasteiger partial charge >= 0.3 is 0 Å². The zero-order valence-electron chi connectivity index (χ0n) is 9.58. The van der Waals surface area contributed by atoms with Crippen molar-refractivity contribution in [2.45, 2.75) is 45.6 Å². The predicted octanol–water partition coefficient (Wildman–Crippen LogP) is 1.85. The molecule has 0 amide bonds. The highest BCUT2D eigenvalue weighted by molar-refractivity contribution is 7.88. The third-order valence-electron chi connectivity index (χ3n) is 3.35. The minimum atomic E-state index is -3.01. The normalized spacial score (nSPS) is 24.1. The van der Waals surface area contributed by atoms with Gasteiger partial charge < -0.3 is 0 Å². The molecular formula is C10H21NO2S. The van der Waals surface area contributed by atoms with Gasteiger partial charge in [-0.3, -0.25) is 0 Å². The standard InChI is InChI=1S/C10H21NO2S/c1-10(2)7-5-9(6-8-10)11(3)14(4,12)13/h9H,5-8H2,1-4H3. The first-order chi connectivity index (χ1) is 6.22. The molecule has 0 aromatic heterocycles. The highest BCUT2D eigenvalue weighted by Gasteiger charge is 2.31. The first-order valence-corrected chi connectivity index (χ1v) is 7.00. The van der Waals surface area contributed by atoms with Gasteiger partial charge in [-0.2, -0.15) is 0 Å². The van der Waals surface area contributed by atoms with Crippen molar-refractivity contribution < 1.29 is 8.42 Å². The van der Waals surface area contributed by atoms with E-state index in [0.29, 0.717) is 5.41 Å². The lowest BCUT2D eigenvalue weighted by Crippen LogP contribution is -2.40. The molecule has 0 heterocycles. The van der Waals surface area contributed by atoms with Crippen molar-refractivity contribution in [3.05, 3.63) is 0 Å². The van der Waals surface area contributed by atoms with Crippen molar-refractivity contribution in [2.75, 3.05) is 13.3 Å². The molecule has 1 aliphatic carbocycles. The monoisotopic (exact) mass is 219 g/mol. The van der Waals surface area contributed by atoms with Gasteiger partial charge in [0.05, 0.1) is 6.26 Å². The quantitative estimate of drug-likeness (QED) is 0.710. The Morgan fingerprint density at radius 2 is 1.64 bits per heavy atom. The van der Waals surface area contributed by atoms with Gasteiger partial charge in [0, 0.05) is 13.1 Å². The summed E-state index contributed by atoms with van der Waals surface area (Å²) in [7, 11) is -1.31. The maximum absolute atomic E-state index is 11.3. The average molecular weight is 219 g/mol. The third kappa shape index (κ3) is 2.95. The molecule has 1 aliphatic rings. The summed E-state index contributed by atoms with van der Waals surface area (Å²) in [4.78, 5) is 0. The molecule has 84 valence electrons. The fraction of sp³-hybridized carbons (Fsp3) is 1.00. The zero-order chi connectivity index (χ0) is 11.0. The smallest absolute Gasteiger partial charge is 0.211 e. The van der Waals surface area contributed by atoms with Crippen LogP contribution in [-0.2, 0) is 10.0 Å². The van der Waals surface area contributed by atoms with Crippen LogP contribution in [0.4, 0.5) is 0 Å². The lowest BCUT2D eigenvalue weighted by atomic mass is 9.76. The van der Waals surface area contributed by atoms with Gasteiger partial charge in [0.1, 0.15) is 0 Å². The summed E-state index contributed by atoms with van der Waals surface area (Å²) in [6, 6.07) is 0.220. The van der Waals surface area contributed by atoms with Crippen molar-refractivity contribution in [1.82, 2.24) is 4.31 Å². The zero-order valence-corrected chi connectivity index (χ0v) is 10.4. The summed E-state index contributed by atoms with van der Waals surface area (Å²) in [5, 5.41) is 0. The van der Waals surface area contributed by atoms with Crippen molar-refractivity contribution in [1.29, 1.82) is 0 Å². The molecule has 0 aromatic rings. The van der Waals surface area contributed by atoms with Gasteiger partial charge in [-0.05, 0) is 31.1 Å². The average Bonchev–Trinajstić information content (AvgIpc) is 2.01. The molecule has 14 heavy (non-hydrogen) atoms. The molecule has 0 unspecified atom stereocenters. The SMILES string of the molecule is CN(C1CCC(C)(C)CC1)S(C)(=O)=O. The summed E-state index contributed by atoms with van der Waals surface area (Å²) in [5.41, 5.74) is 0.398. The van der Waals surface area contributed by atoms with Gasteiger partial charge in [0.15, 0.2) is 0 Å². The van der Waals surface area contributed by atoms with E-state index in [9.17, 15) is 8.42 Å². The molecule has 4 heteroatoms. The lowest BCUT2D eigenvalue weighted by Gasteiger charge is -2.37. The Labute approximate surface area is 87.5 Å². The molecule has 1 saturated carbocycles. The van der Waals surface area contributed by atoms with Crippen LogP contribution in [0.15, 0.2) is 0 Å². The first kappa shape index (κ1) is 12.0. The lowest BCUT2D eigenvalue weighted by molar-refractivity contribution is 0.174. The molecule has 0 bridgehead atoms. The van der Waals surface area contributed by atoms with Crippen LogP contribution >= 0.6 is 0 Å². The molecule has 0 spiro atoms. The summed E-state index contributed by atoms with van der Waals surface area (Å²) in [5.74, 6) is 0. The topological polar surface area (TPSA) is 37.4 Å². The Kier molecular flexibility index (Phi) is 3.26. The van der Waals surface area contributed by atoms with E-state index >= 15 is 0 Å². The Hall–Kier alpha value is -0.0900. The van der Waals surface area contributed by atoms with E-state index in [1.807, 2.05) is 0 Å². The number of rotatable bonds is 2. The van der Waals surface area contributed by atoms with Gasteiger partial charge in [-0.15, -0.1) is 0 Å². The van der Waals surface area contributed by atoms with Crippen LogP contribution < -0.4 is 0 Å². The second kappa shape index (κ2) is 3.81. The Balaban J connectivity index is 2.59. The molecule has 3 nitrogen and oxygen atoms in total. The van der Waals surface area contributed by atoms with Gasteiger partial charge in [-0.1, -0.05) is 13.8 Å². The van der Waals surface area contributed by atoms with E-state index in [0.717, 1.165) is 25.7 Å². The van der Waals surface area contributed by atoms with Crippen LogP contribution in [0.3, 0.4) is 0 Å². The van der Waals surface area contributed by atoms with Gasteiger partial charge in [-0.25, -0.2) is 12.7 Å². The first-order valence-electron chi connectivity index (χ1n) is 5.15.